The number of rotatable bonds is 11. The van der Waals surface area contributed by atoms with Gasteiger partial charge in [0, 0.05) is 32.7 Å². The van der Waals surface area contributed by atoms with Crippen molar-refractivity contribution in [2.45, 2.75) is 25.8 Å². The molecule has 3 heterocycles. The molecule has 0 unspecified atom stereocenters. The van der Waals surface area contributed by atoms with E-state index in [2.05, 4.69) is 99.5 Å². The van der Waals surface area contributed by atoms with Gasteiger partial charge in [0.1, 0.15) is 6.61 Å². The summed E-state index contributed by atoms with van der Waals surface area (Å²) in [6, 6.07) is 24.3. The minimum atomic E-state index is 0.290. The normalized spacial score (nSPS) is 15.1. The van der Waals surface area contributed by atoms with Crippen LogP contribution in [0.4, 0.5) is 0 Å². The van der Waals surface area contributed by atoms with Crippen molar-refractivity contribution in [1.29, 1.82) is 0 Å². The molecule has 2 aromatic carbocycles. The first-order chi connectivity index (χ1) is 18.2. The van der Waals surface area contributed by atoms with Crippen molar-refractivity contribution in [3.8, 4) is 6.01 Å². The van der Waals surface area contributed by atoms with Crippen LogP contribution in [0, 0.1) is 0 Å². The lowest BCUT2D eigenvalue weighted by atomic mass is 9.96. The second-order valence-electron chi connectivity index (χ2n) is 9.75. The van der Waals surface area contributed by atoms with Gasteiger partial charge < -0.3 is 9.47 Å². The molecular formula is C29H36N6O2. The molecule has 8 nitrogen and oxygen atoms in total. The lowest BCUT2D eigenvalue weighted by Gasteiger charge is -2.39. The molecule has 0 aliphatic carbocycles. The van der Waals surface area contributed by atoms with Gasteiger partial charge in [0.15, 0.2) is 5.65 Å². The van der Waals surface area contributed by atoms with Gasteiger partial charge in [0.05, 0.1) is 25.5 Å². The summed E-state index contributed by atoms with van der Waals surface area (Å²) in [6.45, 7) is 10.9. The van der Waals surface area contributed by atoms with E-state index in [9.17, 15) is 0 Å². The molecule has 194 valence electrons. The molecule has 0 saturated carbocycles. The number of piperazine rings is 1. The van der Waals surface area contributed by atoms with Crippen molar-refractivity contribution in [3.05, 3.63) is 89.6 Å². The van der Waals surface area contributed by atoms with Crippen molar-refractivity contribution in [1.82, 2.24) is 29.6 Å². The van der Waals surface area contributed by atoms with Crippen molar-refractivity contribution >= 4 is 5.65 Å². The van der Waals surface area contributed by atoms with Crippen LogP contribution in [-0.4, -0.2) is 82.2 Å². The SMILES string of the molecule is CC(C)c1cnn2nc(OCCOCCN3CCN(C(c4ccccc4)c4ccccc4)CC3)nc2c1. The van der Waals surface area contributed by atoms with E-state index in [1.807, 2.05) is 12.3 Å². The smallest absolute Gasteiger partial charge is 0.337 e. The lowest BCUT2D eigenvalue weighted by molar-refractivity contribution is 0.0544. The third kappa shape index (κ3) is 6.52. The number of ether oxygens (including phenoxy) is 2. The quantitative estimate of drug-likeness (QED) is 0.288. The molecule has 37 heavy (non-hydrogen) atoms. The summed E-state index contributed by atoms with van der Waals surface area (Å²) in [5.74, 6) is 0.393. The molecule has 1 saturated heterocycles. The summed E-state index contributed by atoms with van der Waals surface area (Å²) in [4.78, 5) is 9.48. The zero-order chi connectivity index (χ0) is 25.5. The molecule has 0 atom stereocenters. The van der Waals surface area contributed by atoms with E-state index in [1.54, 1.807) is 0 Å². The molecule has 1 fully saturated rings. The number of hydrogen-bond donors (Lipinski definition) is 0. The van der Waals surface area contributed by atoms with Gasteiger partial charge in [-0.2, -0.15) is 10.1 Å². The first-order valence-corrected chi connectivity index (χ1v) is 13.2. The molecule has 5 rings (SSSR count). The monoisotopic (exact) mass is 500 g/mol. The standard InChI is InChI=1S/C29H36N6O2/c1-23(2)26-21-27-31-29(32-35(27)30-22-26)37-20-19-36-18-17-33-13-15-34(16-14-33)28(24-9-5-3-6-10-24)25-11-7-4-8-12-25/h3-12,21-23,28H,13-20H2,1-2H3. The lowest BCUT2D eigenvalue weighted by Crippen LogP contribution is -2.48. The Balaban J connectivity index is 1.04. The van der Waals surface area contributed by atoms with E-state index in [4.69, 9.17) is 9.47 Å². The maximum Gasteiger partial charge on any atom is 0.337 e. The van der Waals surface area contributed by atoms with E-state index < -0.39 is 0 Å². The minimum absolute atomic E-state index is 0.290. The van der Waals surface area contributed by atoms with Crippen molar-refractivity contribution < 1.29 is 9.47 Å². The maximum absolute atomic E-state index is 5.84. The Kier molecular flexibility index (Phi) is 8.40. The fourth-order valence-corrected chi connectivity index (χ4v) is 4.77. The Labute approximate surface area is 218 Å². The molecule has 1 aliphatic rings. The fourth-order valence-electron chi connectivity index (χ4n) is 4.77. The number of benzene rings is 2. The first-order valence-electron chi connectivity index (χ1n) is 13.2. The maximum atomic E-state index is 5.84. The van der Waals surface area contributed by atoms with Crippen LogP contribution in [0.3, 0.4) is 0 Å². The Hall–Kier alpha value is -3.33. The second-order valence-corrected chi connectivity index (χ2v) is 9.75. The number of aromatic nitrogens is 4. The highest BCUT2D eigenvalue weighted by atomic mass is 16.5. The molecule has 0 amide bonds. The van der Waals surface area contributed by atoms with Crippen LogP contribution in [0.2, 0.25) is 0 Å². The molecule has 0 spiro atoms. The van der Waals surface area contributed by atoms with Gasteiger partial charge in [-0.05, 0) is 28.7 Å². The number of fused-ring (bicyclic) bond motifs is 1. The van der Waals surface area contributed by atoms with Crippen molar-refractivity contribution in [2.24, 2.45) is 0 Å². The van der Waals surface area contributed by atoms with Crippen molar-refractivity contribution in [2.75, 3.05) is 52.5 Å². The molecular weight excluding hydrogens is 464 g/mol. The molecule has 4 aromatic rings. The Morgan fingerprint density at radius 3 is 2.14 bits per heavy atom. The Morgan fingerprint density at radius 1 is 0.811 bits per heavy atom. The van der Waals surface area contributed by atoms with Gasteiger partial charge in [0.25, 0.3) is 0 Å². The summed E-state index contributed by atoms with van der Waals surface area (Å²) in [6.07, 6.45) is 1.82. The van der Waals surface area contributed by atoms with Gasteiger partial charge in [-0.15, -0.1) is 4.63 Å². The largest absolute Gasteiger partial charge is 0.460 e. The number of nitrogens with zero attached hydrogens (tertiary/aromatic N) is 6. The molecule has 0 bridgehead atoms. The van der Waals surface area contributed by atoms with Gasteiger partial charge in [-0.25, -0.2) is 0 Å². The van der Waals surface area contributed by atoms with Gasteiger partial charge in [-0.1, -0.05) is 79.6 Å². The van der Waals surface area contributed by atoms with Gasteiger partial charge in [0.2, 0.25) is 0 Å². The topological polar surface area (TPSA) is 68.0 Å². The van der Waals surface area contributed by atoms with E-state index in [1.165, 1.54) is 15.8 Å². The molecule has 0 radical (unpaired) electrons. The van der Waals surface area contributed by atoms with Crippen LogP contribution in [0.1, 0.15) is 42.5 Å². The number of hydrogen-bond acceptors (Lipinski definition) is 7. The molecule has 0 N–H and O–H groups in total. The van der Waals surface area contributed by atoms with Crippen LogP contribution < -0.4 is 4.74 Å². The third-order valence-electron chi connectivity index (χ3n) is 6.89. The highest BCUT2D eigenvalue weighted by Crippen LogP contribution is 2.29. The Morgan fingerprint density at radius 2 is 1.49 bits per heavy atom. The van der Waals surface area contributed by atoms with E-state index >= 15 is 0 Å². The van der Waals surface area contributed by atoms with Crippen LogP contribution in [0.15, 0.2) is 72.9 Å². The highest BCUT2D eigenvalue weighted by Gasteiger charge is 2.26. The van der Waals surface area contributed by atoms with Gasteiger partial charge >= 0.3 is 6.01 Å². The van der Waals surface area contributed by atoms with Crippen LogP contribution in [0.25, 0.3) is 5.65 Å². The van der Waals surface area contributed by atoms with E-state index in [-0.39, 0.29) is 0 Å². The average molecular weight is 501 g/mol. The van der Waals surface area contributed by atoms with E-state index in [0.29, 0.717) is 43.4 Å². The summed E-state index contributed by atoms with van der Waals surface area (Å²) in [5.41, 5.74) is 4.53. The minimum Gasteiger partial charge on any atom is -0.460 e. The summed E-state index contributed by atoms with van der Waals surface area (Å²) < 4.78 is 13.0. The van der Waals surface area contributed by atoms with Crippen LogP contribution in [0.5, 0.6) is 6.01 Å². The van der Waals surface area contributed by atoms with E-state index in [0.717, 1.165) is 38.3 Å². The summed E-state index contributed by atoms with van der Waals surface area (Å²) in [5, 5.41) is 8.58. The van der Waals surface area contributed by atoms with Crippen LogP contribution in [-0.2, 0) is 4.74 Å². The molecule has 1 aliphatic heterocycles. The molecule has 8 heteroatoms. The van der Waals surface area contributed by atoms with Crippen LogP contribution >= 0.6 is 0 Å². The van der Waals surface area contributed by atoms with Gasteiger partial charge in [-0.3, -0.25) is 9.80 Å². The second kappa shape index (κ2) is 12.3. The fraction of sp³-hybridized carbons (Fsp3) is 0.414. The zero-order valence-electron chi connectivity index (χ0n) is 21.7. The average Bonchev–Trinajstić information content (AvgIpc) is 3.35. The predicted octanol–water partition coefficient (Wildman–Crippen LogP) is 4.05. The van der Waals surface area contributed by atoms with Crippen molar-refractivity contribution in [3.63, 3.8) is 0 Å². The summed E-state index contributed by atoms with van der Waals surface area (Å²) in [7, 11) is 0. The summed E-state index contributed by atoms with van der Waals surface area (Å²) >= 11 is 0. The highest BCUT2D eigenvalue weighted by molar-refractivity contribution is 5.40. The molecule has 2 aromatic heterocycles. The first kappa shape index (κ1) is 25.3. The third-order valence-corrected chi connectivity index (χ3v) is 6.89. The Bertz CT molecular complexity index is 1200. The predicted molar refractivity (Wildman–Crippen MR) is 144 cm³/mol. The zero-order valence-corrected chi connectivity index (χ0v) is 21.7.